The molecule has 4 aromatic rings. The Morgan fingerprint density at radius 1 is 1.26 bits per heavy atom. The molecule has 2 unspecified atom stereocenters. The summed E-state index contributed by atoms with van der Waals surface area (Å²) in [6.07, 6.45) is 4.26. The Morgan fingerprint density at radius 3 is 2.82 bits per heavy atom. The van der Waals surface area contributed by atoms with E-state index in [1.165, 1.54) is 7.11 Å². The molecule has 0 aliphatic carbocycles. The molecule has 2 atom stereocenters. The maximum absolute atomic E-state index is 13.8. The minimum absolute atomic E-state index is 0.166. The molecule has 0 radical (unpaired) electrons. The smallest absolute Gasteiger partial charge is 0.337 e. The average Bonchev–Trinajstić information content (AvgIpc) is 3.51. The zero-order valence-corrected chi connectivity index (χ0v) is 19.4. The van der Waals surface area contributed by atoms with Crippen LogP contribution in [0.1, 0.15) is 36.2 Å². The van der Waals surface area contributed by atoms with Crippen LogP contribution in [0.25, 0.3) is 33.2 Å². The van der Waals surface area contributed by atoms with E-state index in [9.17, 15) is 9.59 Å². The van der Waals surface area contributed by atoms with Crippen molar-refractivity contribution in [1.82, 2.24) is 14.1 Å². The summed E-state index contributed by atoms with van der Waals surface area (Å²) in [4.78, 5) is 30.7. The highest BCUT2D eigenvalue weighted by Crippen LogP contribution is 2.30. The third-order valence-electron chi connectivity index (χ3n) is 6.56. The van der Waals surface area contributed by atoms with Crippen molar-refractivity contribution in [2.45, 2.75) is 38.5 Å². The number of ether oxygens (including phenoxy) is 2. The molecule has 2 N–H and O–H groups in total. The third-order valence-corrected chi connectivity index (χ3v) is 6.56. The van der Waals surface area contributed by atoms with Gasteiger partial charge in [-0.25, -0.2) is 9.78 Å². The van der Waals surface area contributed by atoms with Gasteiger partial charge in [0.05, 0.1) is 29.8 Å². The van der Waals surface area contributed by atoms with Gasteiger partial charge in [-0.15, -0.1) is 0 Å². The largest absolute Gasteiger partial charge is 0.465 e. The molecule has 1 fully saturated rings. The van der Waals surface area contributed by atoms with Crippen molar-refractivity contribution in [2.75, 3.05) is 20.3 Å². The summed E-state index contributed by atoms with van der Waals surface area (Å²) in [5, 5.41) is 0.961. The molecule has 2 aromatic heterocycles. The molecule has 0 bridgehead atoms. The van der Waals surface area contributed by atoms with Gasteiger partial charge in [-0.2, -0.15) is 0 Å². The van der Waals surface area contributed by atoms with E-state index < -0.39 is 5.97 Å². The van der Waals surface area contributed by atoms with Crippen molar-refractivity contribution < 1.29 is 14.3 Å². The lowest BCUT2D eigenvalue weighted by Crippen LogP contribution is -2.30. The van der Waals surface area contributed by atoms with Gasteiger partial charge in [-0.3, -0.25) is 4.79 Å². The molecule has 1 saturated heterocycles. The highest BCUT2D eigenvalue weighted by atomic mass is 16.5. The SMILES string of the molecule is COC(=O)c1ccc2nc(-c3cn(CC4CCCO4)c4ccccc34)c(=O)n(C(C)CN)c2c1. The highest BCUT2D eigenvalue weighted by molar-refractivity contribution is 5.97. The molecule has 5 rings (SSSR count). The Balaban J connectivity index is 1.73. The van der Waals surface area contributed by atoms with Crippen LogP contribution in [-0.2, 0) is 16.0 Å². The summed E-state index contributed by atoms with van der Waals surface area (Å²) in [5.74, 6) is -0.470. The second-order valence-electron chi connectivity index (χ2n) is 8.76. The minimum Gasteiger partial charge on any atom is -0.465 e. The van der Waals surface area contributed by atoms with Crippen molar-refractivity contribution in [2.24, 2.45) is 5.73 Å². The lowest BCUT2D eigenvalue weighted by Gasteiger charge is -2.18. The molecular weight excluding hydrogens is 432 g/mol. The average molecular weight is 461 g/mol. The monoisotopic (exact) mass is 460 g/mol. The Bertz CT molecular complexity index is 1430. The number of para-hydroxylation sites is 1. The van der Waals surface area contributed by atoms with Crippen molar-refractivity contribution in [3.05, 3.63) is 64.6 Å². The number of carbonyl (C=O) groups is 1. The fourth-order valence-electron chi connectivity index (χ4n) is 4.76. The van der Waals surface area contributed by atoms with Crippen LogP contribution in [0.2, 0.25) is 0 Å². The summed E-state index contributed by atoms with van der Waals surface area (Å²) in [6.45, 7) is 3.67. The molecule has 176 valence electrons. The first-order valence-corrected chi connectivity index (χ1v) is 11.6. The Labute approximate surface area is 196 Å². The minimum atomic E-state index is -0.470. The van der Waals surface area contributed by atoms with Gasteiger partial charge >= 0.3 is 5.97 Å². The number of fused-ring (bicyclic) bond motifs is 2. The van der Waals surface area contributed by atoms with Crippen molar-refractivity contribution in [1.29, 1.82) is 0 Å². The van der Waals surface area contributed by atoms with Crippen molar-refractivity contribution in [3.63, 3.8) is 0 Å². The van der Waals surface area contributed by atoms with E-state index in [-0.39, 0.29) is 24.2 Å². The number of aromatic nitrogens is 3. The van der Waals surface area contributed by atoms with Crippen LogP contribution in [0, 0.1) is 0 Å². The number of carbonyl (C=O) groups excluding carboxylic acids is 1. The molecule has 2 aromatic carbocycles. The maximum atomic E-state index is 13.8. The lowest BCUT2D eigenvalue weighted by molar-refractivity contribution is 0.0601. The van der Waals surface area contributed by atoms with Crippen LogP contribution in [0.3, 0.4) is 0 Å². The molecule has 0 amide bonds. The van der Waals surface area contributed by atoms with Gasteiger partial charge in [-0.1, -0.05) is 18.2 Å². The molecule has 0 spiro atoms. The molecule has 3 heterocycles. The van der Waals surface area contributed by atoms with Crippen molar-refractivity contribution in [3.8, 4) is 11.3 Å². The number of esters is 1. The number of methoxy groups -OCH3 is 1. The van der Waals surface area contributed by atoms with Crippen LogP contribution >= 0.6 is 0 Å². The Kier molecular flexibility index (Phi) is 5.93. The van der Waals surface area contributed by atoms with Crippen LogP contribution in [0.5, 0.6) is 0 Å². The summed E-state index contributed by atoms with van der Waals surface area (Å²) in [5.41, 5.74) is 9.42. The Hall–Kier alpha value is -3.49. The topological polar surface area (TPSA) is 101 Å². The fraction of sp³-hybridized carbons (Fsp3) is 0.346. The molecule has 34 heavy (non-hydrogen) atoms. The molecular formula is C26H28N4O4. The van der Waals surface area contributed by atoms with Gasteiger partial charge in [0.15, 0.2) is 0 Å². The van der Waals surface area contributed by atoms with Crippen LogP contribution in [0.15, 0.2) is 53.5 Å². The third kappa shape index (κ3) is 3.78. The van der Waals surface area contributed by atoms with E-state index in [2.05, 4.69) is 10.6 Å². The number of nitrogens with two attached hydrogens (primary N) is 1. The summed E-state index contributed by atoms with van der Waals surface area (Å²) >= 11 is 0. The van der Waals surface area contributed by atoms with Gasteiger partial charge in [0, 0.05) is 48.4 Å². The molecule has 1 aliphatic rings. The van der Waals surface area contributed by atoms with Gasteiger partial charge < -0.3 is 24.3 Å². The molecule has 0 saturated carbocycles. The second-order valence-corrected chi connectivity index (χ2v) is 8.76. The summed E-state index contributed by atoms with van der Waals surface area (Å²) < 4.78 is 14.5. The quantitative estimate of drug-likeness (QED) is 0.442. The van der Waals surface area contributed by atoms with Crippen LogP contribution in [-0.4, -0.2) is 46.5 Å². The number of rotatable bonds is 6. The van der Waals surface area contributed by atoms with Gasteiger partial charge in [0.2, 0.25) is 0 Å². The number of hydrogen-bond donors (Lipinski definition) is 1. The van der Waals surface area contributed by atoms with E-state index in [1.54, 1.807) is 22.8 Å². The van der Waals surface area contributed by atoms with Crippen LogP contribution < -0.4 is 11.3 Å². The van der Waals surface area contributed by atoms with Crippen molar-refractivity contribution >= 4 is 27.9 Å². The van der Waals surface area contributed by atoms with Crippen LogP contribution in [0.4, 0.5) is 0 Å². The zero-order valence-electron chi connectivity index (χ0n) is 19.4. The zero-order chi connectivity index (χ0) is 23.8. The Morgan fingerprint density at radius 2 is 2.09 bits per heavy atom. The van der Waals surface area contributed by atoms with E-state index >= 15 is 0 Å². The number of hydrogen-bond acceptors (Lipinski definition) is 6. The molecule has 1 aliphatic heterocycles. The predicted molar refractivity (Wildman–Crippen MR) is 131 cm³/mol. The number of nitrogens with zero attached hydrogens (tertiary/aromatic N) is 3. The lowest BCUT2D eigenvalue weighted by atomic mass is 10.1. The van der Waals surface area contributed by atoms with Gasteiger partial charge in [0.25, 0.3) is 5.56 Å². The first-order valence-electron chi connectivity index (χ1n) is 11.6. The van der Waals surface area contributed by atoms with E-state index in [0.29, 0.717) is 22.3 Å². The fourth-order valence-corrected chi connectivity index (χ4v) is 4.76. The number of benzene rings is 2. The van der Waals surface area contributed by atoms with Gasteiger partial charge in [-0.05, 0) is 44.0 Å². The summed E-state index contributed by atoms with van der Waals surface area (Å²) in [6, 6.07) is 12.8. The van der Waals surface area contributed by atoms with E-state index in [4.69, 9.17) is 20.2 Å². The maximum Gasteiger partial charge on any atom is 0.337 e. The highest BCUT2D eigenvalue weighted by Gasteiger charge is 2.23. The van der Waals surface area contributed by atoms with Gasteiger partial charge in [0.1, 0.15) is 5.69 Å². The summed E-state index contributed by atoms with van der Waals surface area (Å²) in [7, 11) is 1.33. The predicted octanol–water partition coefficient (Wildman–Crippen LogP) is 3.50. The molecule has 8 heteroatoms. The first-order chi connectivity index (χ1) is 16.5. The normalized spacial score (nSPS) is 16.9. The standard InChI is InChI=1S/C26H28N4O4/c1-16(13-27)30-23-12-17(26(32)33-2)9-10-21(23)28-24(25(30)31)20-15-29(14-18-6-5-11-34-18)22-8-4-3-7-19(20)22/h3-4,7-10,12,15-16,18H,5-6,11,13-14,27H2,1-2H3. The van der Waals surface area contributed by atoms with E-state index in [0.717, 1.165) is 42.5 Å². The first kappa shape index (κ1) is 22.3. The van der Waals surface area contributed by atoms with E-state index in [1.807, 2.05) is 31.3 Å². The molecule has 8 nitrogen and oxygen atoms in total. The second kappa shape index (κ2) is 9.04.